The Morgan fingerprint density at radius 1 is 1.32 bits per heavy atom. The quantitative estimate of drug-likeness (QED) is 0.804. The molecule has 1 saturated heterocycles. The largest absolute Gasteiger partial charge is 0.341 e. The molecule has 0 spiro atoms. The van der Waals surface area contributed by atoms with Crippen LogP contribution in [0, 0.1) is 12.8 Å². The van der Waals surface area contributed by atoms with Crippen molar-refractivity contribution in [2.24, 2.45) is 5.92 Å². The molecule has 1 aromatic rings. The Morgan fingerprint density at radius 2 is 2.23 bits per heavy atom. The maximum absolute atomic E-state index is 12.6. The Labute approximate surface area is 136 Å². The highest BCUT2D eigenvalue weighted by molar-refractivity contribution is 7.09. The Morgan fingerprint density at radius 3 is 2.95 bits per heavy atom. The van der Waals surface area contributed by atoms with E-state index in [-0.39, 0.29) is 5.92 Å². The number of nitrogens with zero attached hydrogens (tertiary/aromatic N) is 3. The van der Waals surface area contributed by atoms with Crippen LogP contribution in [0.25, 0.3) is 0 Å². The zero-order valence-electron chi connectivity index (χ0n) is 13.3. The second-order valence-electron chi connectivity index (χ2n) is 6.29. The van der Waals surface area contributed by atoms with Gasteiger partial charge in [-0.3, -0.25) is 9.69 Å². The van der Waals surface area contributed by atoms with Gasteiger partial charge in [0, 0.05) is 44.0 Å². The van der Waals surface area contributed by atoms with Gasteiger partial charge in [-0.1, -0.05) is 12.2 Å². The molecule has 0 bridgehead atoms. The predicted molar refractivity (Wildman–Crippen MR) is 89.8 cm³/mol. The molecule has 1 fully saturated rings. The number of allylic oxidation sites excluding steroid dienone is 2. The van der Waals surface area contributed by atoms with Gasteiger partial charge in [0.15, 0.2) is 0 Å². The van der Waals surface area contributed by atoms with Gasteiger partial charge < -0.3 is 4.90 Å². The molecule has 1 aliphatic carbocycles. The van der Waals surface area contributed by atoms with Crippen molar-refractivity contribution in [2.75, 3.05) is 26.2 Å². The number of thiazole rings is 1. The number of aromatic nitrogens is 1. The molecule has 4 nitrogen and oxygen atoms in total. The maximum atomic E-state index is 12.6. The second kappa shape index (κ2) is 7.38. The zero-order chi connectivity index (χ0) is 15.4. The Bertz CT molecular complexity index is 540. The Kier molecular flexibility index (Phi) is 5.26. The molecule has 1 atom stereocenters. The van der Waals surface area contributed by atoms with Crippen LogP contribution in [-0.2, 0) is 11.3 Å². The number of carbonyl (C=O) groups is 1. The number of hydrogen-bond donors (Lipinski definition) is 0. The van der Waals surface area contributed by atoms with Crippen LogP contribution >= 0.6 is 11.3 Å². The molecule has 0 radical (unpaired) electrons. The van der Waals surface area contributed by atoms with Gasteiger partial charge in [-0.25, -0.2) is 4.98 Å². The highest BCUT2D eigenvalue weighted by atomic mass is 32.1. The van der Waals surface area contributed by atoms with Crippen molar-refractivity contribution in [3.63, 3.8) is 0 Å². The topological polar surface area (TPSA) is 36.4 Å². The van der Waals surface area contributed by atoms with Crippen molar-refractivity contribution in [1.29, 1.82) is 0 Å². The first-order valence-corrected chi connectivity index (χ1v) is 9.17. The number of amides is 1. The average molecular weight is 319 g/mol. The Hall–Kier alpha value is -1.20. The SMILES string of the molecule is Cc1nc(CN2CCCN(C(=O)C3CC=CCC3)CC2)cs1. The van der Waals surface area contributed by atoms with Gasteiger partial charge in [0.05, 0.1) is 10.7 Å². The third kappa shape index (κ3) is 3.96. The lowest BCUT2D eigenvalue weighted by molar-refractivity contribution is -0.135. The molecule has 2 heterocycles. The fourth-order valence-electron chi connectivity index (χ4n) is 3.34. The molecular weight excluding hydrogens is 294 g/mol. The first-order chi connectivity index (χ1) is 10.7. The van der Waals surface area contributed by atoms with Gasteiger partial charge in [0.2, 0.25) is 5.91 Å². The van der Waals surface area contributed by atoms with Gasteiger partial charge >= 0.3 is 0 Å². The lowest BCUT2D eigenvalue weighted by atomic mass is 9.93. The molecule has 1 aliphatic heterocycles. The van der Waals surface area contributed by atoms with Crippen LogP contribution in [0.1, 0.15) is 36.4 Å². The van der Waals surface area contributed by atoms with Crippen molar-refractivity contribution in [1.82, 2.24) is 14.8 Å². The molecule has 5 heteroatoms. The summed E-state index contributed by atoms with van der Waals surface area (Å²) in [5.41, 5.74) is 1.17. The first-order valence-electron chi connectivity index (χ1n) is 8.29. The summed E-state index contributed by atoms with van der Waals surface area (Å²) in [4.78, 5) is 21.7. The van der Waals surface area contributed by atoms with E-state index in [4.69, 9.17) is 0 Å². The van der Waals surface area contributed by atoms with E-state index in [2.05, 4.69) is 39.2 Å². The van der Waals surface area contributed by atoms with Crippen LogP contribution in [0.15, 0.2) is 17.5 Å². The second-order valence-corrected chi connectivity index (χ2v) is 7.36. The standard InChI is InChI=1S/C17H25N3OS/c1-14-18-16(13-22-14)12-19-8-5-9-20(11-10-19)17(21)15-6-3-2-4-7-15/h2-3,13,15H,4-12H2,1H3. The molecule has 0 aromatic carbocycles. The lowest BCUT2D eigenvalue weighted by Gasteiger charge is -2.27. The fraction of sp³-hybridized carbons (Fsp3) is 0.647. The molecule has 1 aromatic heterocycles. The van der Waals surface area contributed by atoms with E-state index in [1.54, 1.807) is 11.3 Å². The predicted octanol–water partition coefficient (Wildman–Crippen LogP) is 2.84. The van der Waals surface area contributed by atoms with Crippen LogP contribution in [0.5, 0.6) is 0 Å². The van der Waals surface area contributed by atoms with Crippen molar-refractivity contribution >= 4 is 17.2 Å². The van der Waals surface area contributed by atoms with E-state index in [1.807, 2.05) is 0 Å². The van der Waals surface area contributed by atoms with Crippen molar-refractivity contribution < 1.29 is 4.79 Å². The molecule has 120 valence electrons. The smallest absolute Gasteiger partial charge is 0.226 e. The van der Waals surface area contributed by atoms with E-state index in [0.29, 0.717) is 5.91 Å². The van der Waals surface area contributed by atoms with Crippen LogP contribution in [0.2, 0.25) is 0 Å². The summed E-state index contributed by atoms with van der Waals surface area (Å²) in [5.74, 6) is 0.591. The molecule has 1 amide bonds. The number of rotatable bonds is 3. The van der Waals surface area contributed by atoms with Gasteiger partial charge in [-0.05, 0) is 32.6 Å². The third-order valence-corrected chi connectivity index (χ3v) is 5.39. The highest BCUT2D eigenvalue weighted by Gasteiger charge is 2.26. The first kappa shape index (κ1) is 15.7. The minimum Gasteiger partial charge on any atom is -0.341 e. The summed E-state index contributed by atoms with van der Waals surface area (Å²) in [5, 5.41) is 3.28. The van der Waals surface area contributed by atoms with Crippen LogP contribution in [-0.4, -0.2) is 46.9 Å². The summed E-state index contributed by atoms with van der Waals surface area (Å²) < 4.78 is 0. The minimum atomic E-state index is 0.220. The fourth-order valence-corrected chi connectivity index (χ4v) is 3.94. The van der Waals surface area contributed by atoms with E-state index >= 15 is 0 Å². The van der Waals surface area contributed by atoms with Crippen molar-refractivity contribution in [2.45, 2.75) is 39.2 Å². The summed E-state index contributed by atoms with van der Waals surface area (Å²) in [6, 6.07) is 0. The number of hydrogen-bond acceptors (Lipinski definition) is 4. The molecule has 3 rings (SSSR count). The van der Waals surface area contributed by atoms with Gasteiger partial charge in [0.1, 0.15) is 0 Å². The van der Waals surface area contributed by atoms with Gasteiger partial charge in [-0.2, -0.15) is 0 Å². The van der Waals surface area contributed by atoms with Crippen LogP contribution < -0.4 is 0 Å². The maximum Gasteiger partial charge on any atom is 0.226 e. The molecule has 22 heavy (non-hydrogen) atoms. The molecule has 0 saturated carbocycles. The lowest BCUT2D eigenvalue weighted by Crippen LogP contribution is -2.39. The zero-order valence-corrected chi connectivity index (χ0v) is 14.1. The van der Waals surface area contributed by atoms with Crippen molar-refractivity contribution in [3.8, 4) is 0 Å². The summed E-state index contributed by atoms with van der Waals surface area (Å²) in [6.45, 7) is 6.76. The summed E-state index contributed by atoms with van der Waals surface area (Å²) in [6.07, 6.45) is 8.44. The minimum absolute atomic E-state index is 0.220. The number of aryl methyl sites for hydroxylation is 1. The molecular formula is C17H25N3OS. The normalized spacial score (nSPS) is 23.5. The van der Waals surface area contributed by atoms with Crippen molar-refractivity contribution in [3.05, 3.63) is 28.2 Å². The van der Waals surface area contributed by atoms with E-state index in [9.17, 15) is 4.79 Å². The summed E-state index contributed by atoms with van der Waals surface area (Å²) in [7, 11) is 0. The van der Waals surface area contributed by atoms with Gasteiger partial charge in [-0.15, -0.1) is 11.3 Å². The van der Waals surface area contributed by atoms with E-state index in [0.717, 1.165) is 63.4 Å². The monoisotopic (exact) mass is 319 g/mol. The number of carbonyl (C=O) groups excluding carboxylic acids is 1. The van der Waals surface area contributed by atoms with E-state index < -0.39 is 0 Å². The molecule has 0 N–H and O–H groups in total. The van der Waals surface area contributed by atoms with Crippen LogP contribution in [0.3, 0.4) is 0 Å². The summed E-state index contributed by atoms with van der Waals surface area (Å²) >= 11 is 1.71. The molecule has 2 aliphatic rings. The third-order valence-electron chi connectivity index (χ3n) is 4.57. The average Bonchev–Trinajstić information content (AvgIpc) is 2.81. The van der Waals surface area contributed by atoms with Crippen LogP contribution in [0.4, 0.5) is 0 Å². The molecule has 1 unspecified atom stereocenters. The highest BCUT2D eigenvalue weighted by Crippen LogP contribution is 2.21. The van der Waals surface area contributed by atoms with Gasteiger partial charge in [0.25, 0.3) is 0 Å². The Balaban J connectivity index is 1.53. The van der Waals surface area contributed by atoms with E-state index in [1.165, 1.54) is 5.69 Å².